The molecule has 0 radical (unpaired) electrons. The second kappa shape index (κ2) is 6.72. The predicted molar refractivity (Wildman–Crippen MR) is 78.6 cm³/mol. The molecule has 98 valence electrons. The van der Waals surface area contributed by atoms with Crippen LogP contribution in [-0.4, -0.2) is 38.1 Å². The number of benzene rings is 1. The number of hydrogen-bond donors (Lipinski definition) is 1. The van der Waals surface area contributed by atoms with Crippen LogP contribution < -0.4 is 5.32 Å². The molecule has 0 saturated carbocycles. The van der Waals surface area contributed by atoms with E-state index in [9.17, 15) is 0 Å². The standard InChI is InChI=1S/C16H24N2/c1-14(16-8-4-3-5-9-16)11-17-12-15-7-6-10-18(2)13-15/h3-5,8-9,15,17H,1,6-7,10-13H2,2H3. The number of piperidine rings is 1. The van der Waals surface area contributed by atoms with Gasteiger partial charge in [0.05, 0.1) is 0 Å². The van der Waals surface area contributed by atoms with E-state index in [-0.39, 0.29) is 0 Å². The maximum atomic E-state index is 4.15. The number of rotatable bonds is 5. The molecule has 1 atom stereocenters. The van der Waals surface area contributed by atoms with Crippen molar-refractivity contribution >= 4 is 5.57 Å². The summed E-state index contributed by atoms with van der Waals surface area (Å²) in [5, 5.41) is 3.55. The van der Waals surface area contributed by atoms with Gasteiger partial charge in [-0.1, -0.05) is 36.9 Å². The lowest BCUT2D eigenvalue weighted by Crippen LogP contribution is -2.37. The molecule has 0 aliphatic carbocycles. The molecule has 0 bridgehead atoms. The molecule has 1 unspecified atom stereocenters. The third kappa shape index (κ3) is 3.97. The van der Waals surface area contributed by atoms with Crippen LogP contribution in [0.5, 0.6) is 0 Å². The van der Waals surface area contributed by atoms with E-state index in [2.05, 4.69) is 48.1 Å². The zero-order valence-corrected chi connectivity index (χ0v) is 11.4. The summed E-state index contributed by atoms with van der Waals surface area (Å²) in [7, 11) is 2.22. The van der Waals surface area contributed by atoms with Gasteiger partial charge in [0.25, 0.3) is 0 Å². The Hall–Kier alpha value is -1.12. The highest BCUT2D eigenvalue weighted by molar-refractivity contribution is 5.64. The van der Waals surface area contributed by atoms with Crippen LogP contribution in [0.3, 0.4) is 0 Å². The molecular formula is C16H24N2. The summed E-state index contributed by atoms with van der Waals surface area (Å²) < 4.78 is 0. The van der Waals surface area contributed by atoms with Crippen LogP contribution in [0.25, 0.3) is 5.57 Å². The van der Waals surface area contributed by atoms with Gasteiger partial charge in [-0.2, -0.15) is 0 Å². The van der Waals surface area contributed by atoms with Gasteiger partial charge < -0.3 is 10.2 Å². The summed E-state index contributed by atoms with van der Waals surface area (Å²) in [4.78, 5) is 2.43. The van der Waals surface area contributed by atoms with E-state index in [0.717, 1.165) is 19.0 Å². The number of nitrogens with one attached hydrogen (secondary N) is 1. The van der Waals surface area contributed by atoms with Gasteiger partial charge in [0.2, 0.25) is 0 Å². The Bertz CT molecular complexity index is 372. The Morgan fingerprint density at radius 3 is 2.89 bits per heavy atom. The molecule has 1 N–H and O–H groups in total. The first kappa shape index (κ1) is 13.3. The Kier molecular flexibility index (Phi) is 4.97. The molecule has 0 spiro atoms. The fourth-order valence-electron chi connectivity index (χ4n) is 2.64. The smallest absolute Gasteiger partial charge is 0.0205 e. The molecule has 0 amide bonds. The average molecular weight is 244 g/mol. The van der Waals surface area contributed by atoms with Gasteiger partial charge in [0.1, 0.15) is 0 Å². The van der Waals surface area contributed by atoms with E-state index < -0.39 is 0 Å². The van der Waals surface area contributed by atoms with Crippen LogP contribution in [0.1, 0.15) is 18.4 Å². The van der Waals surface area contributed by atoms with E-state index in [4.69, 9.17) is 0 Å². The first-order valence-corrected chi connectivity index (χ1v) is 6.88. The normalized spacial score (nSPS) is 20.8. The summed E-state index contributed by atoms with van der Waals surface area (Å²) in [5.74, 6) is 0.798. The van der Waals surface area contributed by atoms with Gasteiger partial charge in [-0.25, -0.2) is 0 Å². The van der Waals surface area contributed by atoms with Crippen molar-refractivity contribution in [1.29, 1.82) is 0 Å². The highest BCUT2D eigenvalue weighted by Crippen LogP contribution is 2.15. The molecule has 2 nitrogen and oxygen atoms in total. The van der Waals surface area contributed by atoms with Gasteiger partial charge >= 0.3 is 0 Å². The maximum Gasteiger partial charge on any atom is 0.0205 e. The third-order valence-electron chi connectivity index (χ3n) is 3.68. The molecule has 1 aliphatic heterocycles. The second-order valence-electron chi connectivity index (χ2n) is 5.37. The summed E-state index contributed by atoms with van der Waals surface area (Å²) in [5.41, 5.74) is 2.42. The van der Waals surface area contributed by atoms with Crippen LogP contribution in [0.4, 0.5) is 0 Å². The lowest BCUT2D eigenvalue weighted by atomic mass is 9.98. The van der Waals surface area contributed by atoms with E-state index in [1.54, 1.807) is 0 Å². The average Bonchev–Trinajstić information content (AvgIpc) is 2.40. The van der Waals surface area contributed by atoms with E-state index >= 15 is 0 Å². The topological polar surface area (TPSA) is 15.3 Å². The van der Waals surface area contributed by atoms with Crippen LogP contribution in [-0.2, 0) is 0 Å². The van der Waals surface area contributed by atoms with Crippen molar-refractivity contribution in [2.24, 2.45) is 5.92 Å². The fraction of sp³-hybridized carbons (Fsp3) is 0.500. The maximum absolute atomic E-state index is 4.15. The van der Waals surface area contributed by atoms with E-state index in [0.29, 0.717) is 0 Å². The quantitative estimate of drug-likeness (QED) is 0.856. The van der Waals surface area contributed by atoms with Crippen LogP contribution >= 0.6 is 0 Å². The Balaban J connectivity index is 1.70. The minimum atomic E-state index is 0.798. The highest BCUT2D eigenvalue weighted by atomic mass is 15.1. The molecule has 1 heterocycles. The molecule has 1 aromatic carbocycles. The van der Waals surface area contributed by atoms with Crippen molar-refractivity contribution in [3.8, 4) is 0 Å². The van der Waals surface area contributed by atoms with E-state index in [1.165, 1.54) is 37.1 Å². The highest BCUT2D eigenvalue weighted by Gasteiger charge is 2.16. The SMILES string of the molecule is C=C(CNCC1CCCN(C)C1)c1ccccc1. The monoisotopic (exact) mass is 244 g/mol. The van der Waals surface area contributed by atoms with E-state index in [1.807, 2.05) is 6.07 Å². The molecule has 2 rings (SSSR count). The summed E-state index contributed by atoms with van der Waals surface area (Å²) in [6, 6.07) is 10.4. The van der Waals surface area contributed by atoms with Crippen LogP contribution in [0.15, 0.2) is 36.9 Å². The van der Waals surface area contributed by atoms with Gasteiger partial charge in [0, 0.05) is 13.1 Å². The van der Waals surface area contributed by atoms with Gasteiger partial charge in [-0.05, 0) is 50.0 Å². The lowest BCUT2D eigenvalue weighted by molar-refractivity contribution is 0.207. The molecule has 1 saturated heterocycles. The molecule has 18 heavy (non-hydrogen) atoms. The van der Waals surface area contributed by atoms with Crippen molar-refractivity contribution in [3.05, 3.63) is 42.5 Å². The number of hydrogen-bond acceptors (Lipinski definition) is 2. The van der Waals surface area contributed by atoms with Crippen molar-refractivity contribution < 1.29 is 0 Å². The minimum Gasteiger partial charge on any atom is -0.312 e. The number of likely N-dealkylation sites (tertiary alicyclic amines) is 1. The molecular weight excluding hydrogens is 220 g/mol. The summed E-state index contributed by atoms with van der Waals surface area (Å²) in [6.07, 6.45) is 2.69. The Morgan fingerprint density at radius 1 is 1.39 bits per heavy atom. The zero-order valence-electron chi connectivity index (χ0n) is 11.4. The molecule has 1 aliphatic rings. The largest absolute Gasteiger partial charge is 0.312 e. The number of nitrogens with zero attached hydrogens (tertiary/aromatic N) is 1. The first-order valence-electron chi connectivity index (χ1n) is 6.88. The molecule has 1 fully saturated rings. The third-order valence-corrected chi connectivity index (χ3v) is 3.68. The van der Waals surface area contributed by atoms with Gasteiger partial charge in [-0.15, -0.1) is 0 Å². The van der Waals surface area contributed by atoms with Crippen molar-refractivity contribution in [1.82, 2.24) is 10.2 Å². The molecule has 1 aromatic rings. The predicted octanol–water partition coefficient (Wildman–Crippen LogP) is 2.63. The van der Waals surface area contributed by atoms with Crippen molar-refractivity contribution in [2.75, 3.05) is 33.2 Å². The van der Waals surface area contributed by atoms with Crippen molar-refractivity contribution in [3.63, 3.8) is 0 Å². The molecule has 2 heteroatoms. The Morgan fingerprint density at radius 2 is 2.17 bits per heavy atom. The van der Waals surface area contributed by atoms with Gasteiger partial charge in [-0.3, -0.25) is 0 Å². The fourth-order valence-corrected chi connectivity index (χ4v) is 2.64. The molecule has 0 aromatic heterocycles. The first-order chi connectivity index (χ1) is 8.75. The Labute approximate surface area is 111 Å². The minimum absolute atomic E-state index is 0.798. The lowest BCUT2D eigenvalue weighted by Gasteiger charge is -2.29. The summed E-state index contributed by atoms with van der Waals surface area (Å²) >= 11 is 0. The van der Waals surface area contributed by atoms with Crippen molar-refractivity contribution in [2.45, 2.75) is 12.8 Å². The van der Waals surface area contributed by atoms with Gasteiger partial charge in [0.15, 0.2) is 0 Å². The second-order valence-corrected chi connectivity index (χ2v) is 5.37. The van der Waals surface area contributed by atoms with Crippen LogP contribution in [0.2, 0.25) is 0 Å². The van der Waals surface area contributed by atoms with Crippen LogP contribution in [0, 0.1) is 5.92 Å². The zero-order chi connectivity index (χ0) is 12.8. The summed E-state index contributed by atoms with van der Waals surface area (Å²) in [6.45, 7) is 8.63.